The molecule has 0 saturated carbocycles. The van der Waals surface area contributed by atoms with Crippen molar-refractivity contribution in [3.63, 3.8) is 0 Å². The molecule has 2 aromatic heterocycles. The molecule has 0 aliphatic carbocycles. The van der Waals surface area contributed by atoms with Crippen molar-refractivity contribution in [1.82, 2.24) is 19.6 Å². The molecule has 5 aromatic carbocycles. The summed E-state index contributed by atoms with van der Waals surface area (Å²) in [6.07, 6.45) is 1.65. The van der Waals surface area contributed by atoms with Gasteiger partial charge in [-0.3, -0.25) is 0 Å². The molecule has 8 rings (SSSR count). The molecule has 7 nitrogen and oxygen atoms in total. The first-order valence-corrected chi connectivity index (χ1v) is 13.4. The van der Waals surface area contributed by atoms with E-state index in [0.29, 0.717) is 17.4 Å². The largest absolute Gasteiger partial charge is 0.497 e. The van der Waals surface area contributed by atoms with Crippen LogP contribution in [0, 0.1) is 0 Å². The molecule has 0 fully saturated rings. The van der Waals surface area contributed by atoms with Crippen LogP contribution in [0.4, 0.5) is 0 Å². The number of nitrogens with zero attached hydrogens (tertiary/aromatic N) is 4. The molecular weight excluding hydrogens is 512 g/mol. The Kier molecular flexibility index (Phi) is 5.35. The minimum Gasteiger partial charge on any atom is -0.497 e. The number of hydrogen-bond donors (Lipinski definition) is 0. The average molecular weight is 537 g/mol. The number of hydrogen-bond acceptors (Lipinski definition) is 6. The van der Waals surface area contributed by atoms with E-state index in [1.54, 1.807) is 18.0 Å². The summed E-state index contributed by atoms with van der Waals surface area (Å²) in [6.45, 7) is 0.220. The Morgan fingerprint density at radius 2 is 1.54 bits per heavy atom. The Labute approximate surface area is 235 Å². The lowest BCUT2D eigenvalue weighted by molar-refractivity contribution is 0.299. The second-order valence-electron chi connectivity index (χ2n) is 10.0. The number of rotatable bonds is 5. The Bertz CT molecular complexity index is 2080. The number of aromatic nitrogens is 4. The Hall–Kier alpha value is -5.43. The number of ether oxygens (including phenoxy) is 3. The van der Waals surface area contributed by atoms with Crippen molar-refractivity contribution in [1.29, 1.82) is 0 Å². The minimum atomic E-state index is -0.182. The van der Waals surface area contributed by atoms with Crippen LogP contribution < -0.4 is 14.2 Å². The fraction of sp³-hybridized carbons (Fsp3) is 0.0882. The maximum Gasteiger partial charge on any atom is 0.228 e. The number of methoxy groups -OCH3 is 1. The highest BCUT2D eigenvalue weighted by atomic mass is 16.5. The van der Waals surface area contributed by atoms with Crippen molar-refractivity contribution in [3.8, 4) is 23.1 Å². The summed E-state index contributed by atoms with van der Waals surface area (Å²) in [5.41, 5.74) is 3.71. The van der Waals surface area contributed by atoms with E-state index in [4.69, 9.17) is 24.3 Å². The van der Waals surface area contributed by atoms with Crippen LogP contribution in [0.2, 0.25) is 0 Å². The lowest BCUT2D eigenvalue weighted by Gasteiger charge is -2.29. The van der Waals surface area contributed by atoms with Crippen LogP contribution in [0.3, 0.4) is 0 Å². The zero-order chi connectivity index (χ0) is 27.3. The van der Waals surface area contributed by atoms with Gasteiger partial charge in [0, 0.05) is 16.9 Å². The highest BCUT2D eigenvalue weighted by Crippen LogP contribution is 2.50. The second-order valence-corrected chi connectivity index (χ2v) is 10.0. The summed E-state index contributed by atoms with van der Waals surface area (Å²) in [4.78, 5) is 9.65. The van der Waals surface area contributed by atoms with E-state index >= 15 is 0 Å². The van der Waals surface area contributed by atoms with Crippen LogP contribution in [0.5, 0.6) is 23.1 Å². The topological polar surface area (TPSA) is 70.8 Å². The van der Waals surface area contributed by atoms with Crippen molar-refractivity contribution >= 4 is 27.2 Å². The predicted octanol–water partition coefficient (Wildman–Crippen LogP) is 7.30. The lowest BCUT2D eigenvalue weighted by atomic mass is 9.81. The fourth-order valence-corrected chi connectivity index (χ4v) is 5.80. The van der Waals surface area contributed by atoms with E-state index in [0.717, 1.165) is 55.5 Å². The van der Waals surface area contributed by atoms with Gasteiger partial charge in [-0.1, -0.05) is 78.9 Å². The summed E-state index contributed by atoms with van der Waals surface area (Å²) in [7, 11) is 1.67. The van der Waals surface area contributed by atoms with Crippen molar-refractivity contribution in [3.05, 3.63) is 132 Å². The SMILES string of the molecule is COc1ccc([C@@H]2c3c(ccc4ccccc34)Oc3ncn4nc(COc5cccc6ccccc56)nc4c32)cc1. The minimum absolute atomic E-state index is 0.182. The van der Waals surface area contributed by atoms with Gasteiger partial charge in [0.25, 0.3) is 0 Å². The van der Waals surface area contributed by atoms with Crippen molar-refractivity contribution in [2.45, 2.75) is 12.5 Å². The molecule has 0 amide bonds. The molecule has 0 bridgehead atoms. The third-order valence-corrected chi connectivity index (χ3v) is 7.70. The quantitative estimate of drug-likeness (QED) is 0.230. The van der Waals surface area contributed by atoms with Gasteiger partial charge in [-0.2, -0.15) is 0 Å². The van der Waals surface area contributed by atoms with E-state index < -0.39 is 0 Å². The molecular formula is C34H24N4O3. The monoisotopic (exact) mass is 536 g/mol. The first kappa shape index (κ1) is 23.5. The number of fused-ring (bicyclic) bond motifs is 7. The van der Waals surface area contributed by atoms with E-state index in [1.165, 1.54) is 0 Å². The molecule has 0 unspecified atom stereocenters. The van der Waals surface area contributed by atoms with Gasteiger partial charge in [0.1, 0.15) is 30.2 Å². The van der Waals surface area contributed by atoms with Crippen LogP contribution in [-0.4, -0.2) is 26.7 Å². The van der Waals surface area contributed by atoms with Crippen molar-refractivity contribution in [2.24, 2.45) is 0 Å². The van der Waals surface area contributed by atoms with Crippen LogP contribution in [0.15, 0.2) is 109 Å². The van der Waals surface area contributed by atoms with Crippen molar-refractivity contribution < 1.29 is 14.2 Å². The first-order valence-electron chi connectivity index (χ1n) is 13.4. The van der Waals surface area contributed by atoms with E-state index in [9.17, 15) is 0 Å². The second kappa shape index (κ2) is 9.34. The fourth-order valence-electron chi connectivity index (χ4n) is 5.80. The molecule has 7 aromatic rings. The molecule has 198 valence electrons. The van der Waals surface area contributed by atoms with E-state index in [2.05, 4.69) is 65.6 Å². The maximum atomic E-state index is 6.43. The van der Waals surface area contributed by atoms with Gasteiger partial charge < -0.3 is 14.2 Å². The molecule has 0 radical (unpaired) electrons. The van der Waals surface area contributed by atoms with Crippen LogP contribution in [-0.2, 0) is 6.61 Å². The Morgan fingerprint density at radius 3 is 2.37 bits per heavy atom. The summed E-state index contributed by atoms with van der Waals surface area (Å²) in [5, 5.41) is 9.17. The van der Waals surface area contributed by atoms with Gasteiger partial charge in [0.2, 0.25) is 5.88 Å². The smallest absolute Gasteiger partial charge is 0.228 e. The highest BCUT2D eigenvalue weighted by Gasteiger charge is 2.34. The third-order valence-electron chi connectivity index (χ3n) is 7.70. The molecule has 1 atom stereocenters. The molecule has 0 N–H and O–H groups in total. The zero-order valence-electron chi connectivity index (χ0n) is 22.2. The van der Waals surface area contributed by atoms with Gasteiger partial charge in [-0.05, 0) is 46.0 Å². The maximum absolute atomic E-state index is 6.43. The van der Waals surface area contributed by atoms with Crippen molar-refractivity contribution in [2.75, 3.05) is 7.11 Å². The molecule has 1 aliphatic rings. The van der Waals surface area contributed by atoms with Crippen LogP contribution in [0.25, 0.3) is 27.2 Å². The number of benzene rings is 5. The van der Waals surface area contributed by atoms with E-state index in [1.807, 2.05) is 42.5 Å². The summed E-state index contributed by atoms with van der Waals surface area (Å²) < 4.78 is 19.8. The Balaban J connectivity index is 1.27. The summed E-state index contributed by atoms with van der Waals surface area (Å²) in [6, 6.07) is 34.8. The van der Waals surface area contributed by atoms with E-state index in [-0.39, 0.29) is 12.5 Å². The van der Waals surface area contributed by atoms with Crippen LogP contribution in [0.1, 0.15) is 28.4 Å². The molecule has 0 spiro atoms. The Morgan fingerprint density at radius 1 is 0.780 bits per heavy atom. The average Bonchev–Trinajstić information content (AvgIpc) is 3.46. The highest BCUT2D eigenvalue weighted by molar-refractivity contribution is 5.91. The van der Waals surface area contributed by atoms with Gasteiger partial charge in [0.15, 0.2) is 11.5 Å². The zero-order valence-corrected chi connectivity index (χ0v) is 22.2. The summed E-state index contributed by atoms with van der Waals surface area (Å²) in [5.74, 6) is 3.28. The van der Waals surface area contributed by atoms with Crippen LogP contribution >= 0.6 is 0 Å². The predicted molar refractivity (Wildman–Crippen MR) is 157 cm³/mol. The van der Waals surface area contributed by atoms with Gasteiger partial charge in [-0.15, -0.1) is 5.10 Å². The lowest BCUT2D eigenvalue weighted by Crippen LogP contribution is -2.15. The van der Waals surface area contributed by atoms with Gasteiger partial charge in [0.05, 0.1) is 12.7 Å². The third kappa shape index (κ3) is 3.85. The molecule has 41 heavy (non-hydrogen) atoms. The first-order chi connectivity index (χ1) is 20.3. The molecule has 1 aliphatic heterocycles. The summed E-state index contributed by atoms with van der Waals surface area (Å²) >= 11 is 0. The van der Waals surface area contributed by atoms with Gasteiger partial charge >= 0.3 is 0 Å². The molecule has 3 heterocycles. The standard InChI is InChI=1S/C34H24N4O3/c1-39-24-16-13-23(14-17-24)30-31-26-11-5-3-8-22(26)15-18-28(31)41-34-32(30)33-36-29(37-38(33)20-35-34)19-40-27-12-6-9-21-7-2-4-10-25(21)27/h2-18,20,30H,19H2,1H3/t30-/m1/s1. The molecule has 7 heteroatoms. The van der Waals surface area contributed by atoms with Gasteiger partial charge in [-0.25, -0.2) is 14.5 Å². The normalized spacial score (nSPS) is 14.0. The molecule has 0 saturated heterocycles.